The van der Waals surface area contributed by atoms with E-state index < -0.39 is 5.97 Å². The number of esters is 1. The number of fused-ring (bicyclic) bond motifs is 1. The number of carbonyl (C=O) groups excluding carboxylic acids is 2. The molecule has 1 unspecified atom stereocenters. The van der Waals surface area contributed by atoms with E-state index in [-0.39, 0.29) is 11.6 Å². The van der Waals surface area contributed by atoms with Gasteiger partial charge in [-0.2, -0.15) is 5.10 Å². The number of hydrogen-bond acceptors (Lipinski definition) is 5. The standard InChI is InChI=1S/C11H13N3O3/c1-6-3-8-7(10(15)12-5-6)4-9(14-13-8)11(16)17-2/h4,6H,3,5H2,1-2H3,(H,12,15). The molecule has 1 aliphatic heterocycles. The van der Waals surface area contributed by atoms with E-state index in [4.69, 9.17) is 0 Å². The van der Waals surface area contributed by atoms with Gasteiger partial charge >= 0.3 is 5.97 Å². The smallest absolute Gasteiger partial charge is 0.358 e. The van der Waals surface area contributed by atoms with Gasteiger partial charge in [0.15, 0.2) is 5.69 Å². The Hall–Kier alpha value is -1.98. The molecule has 90 valence electrons. The minimum Gasteiger partial charge on any atom is -0.464 e. The Bertz CT molecular complexity index is 473. The molecule has 0 saturated carbocycles. The summed E-state index contributed by atoms with van der Waals surface area (Å²) in [7, 11) is 1.26. The number of aromatic nitrogens is 2. The lowest BCUT2D eigenvalue weighted by atomic mass is 10.0. The van der Waals surface area contributed by atoms with Gasteiger partial charge in [-0.15, -0.1) is 5.10 Å². The zero-order valence-corrected chi connectivity index (χ0v) is 9.69. The third-order valence-corrected chi connectivity index (χ3v) is 2.66. The summed E-state index contributed by atoms with van der Waals surface area (Å²) in [5.41, 5.74) is 1.08. The molecule has 2 heterocycles. The minimum absolute atomic E-state index is 0.0518. The van der Waals surface area contributed by atoms with Crippen LogP contribution in [0.5, 0.6) is 0 Å². The summed E-state index contributed by atoms with van der Waals surface area (Å²) in [5.74, 6) is -0.506. The van der Waals surface area contributed by atoms with Crippen molar-refractivity contribution in [1.29, 1.82) is 0 Å². The van der Waals surface area contributed by atoms with Crippen molar-refractivity contribution < 1.29 is 14.3 Å². The predicted molar refractivity (Wildman–Crippen MR) is 58.6 cm³/mol. The molecule has 0 fully saturated rings. The highest BCUT2D eigenvalue weighted by molar-refractivity contribution is 5.98. The molecule has 0 saturated heterocycles. The number of amides is 1. The maximum Gasteiger partial charge on any atom is 0.358 e. The number of ether oxygens (including phenoxy) is 1. The van der Waals surface area contributed by atoms with Crippen molar-refractivity contribution in [1.82, 2.24) is 15.5 Å². The Balaban J connectivity index is 2.43. The molecule has 0 bridgehead atoms. The molecular formula is C11H13N3O3. The Labute approximate surface area is 98.4 Å². The summed E-state index contributed by atoms with van der Waals surface area (Å²) in [6.45, 7) is 2.62. The fourth-order valence-electron chi connectivity index (χ4n) is 1.73. The molecule has 6 heteroatoms. The average molecular weight is 235 g/mol. The summed E-state index contributed by atoms with van der Waals surface area (Å²) in [4.78, 5) is 23.1. The van der Waals surface area contributed by atoms with E-state index in [1.807, 2.05) is 6.92 Å². The van der Waals surface area contributed by atoms with Crippen LogP contribution >= 0.6 is 0 Å². The lowest BCUT2D eigenvalue weighted by molar-refractivity contribution is 0.0592. The van der Waals surface area contributed by atoms with Gasteiger partial charge in [0.05, 0.1) is 18.4 Å². The van der Waals surface area contributed by atoms with Crippen molar-refractivity contribution in [3.63, 3.8) is 0 Å². The number of methoxy groups -OCH3 is 1. The lowest BCUT2D eigenvalue weighted by Crippen LogP contribution is -2.26. The molecule has 1 aromatic rings. The van der Waals surface area contributed by atoms with Gasteiger partial charge < -0.3 is 10.1 Å². The van der Waals surface area contributed by atoms with Crippen LogP contribution < -0.4 is 5.32 Å². The SMILES string of the molecule is COC(=O)c1cc2c(nn1)CC(C)CNC2=O. The number of hydrogen-bond donors (Lipinski definition) is 1. The summed E-state index contributed by atoms with van der Waals surface area (Å²) < 4.78 is 4.54. The van der Waals surface area contributed by atoms with Gasteiger partial charge in [-0.25, -0.2) is 4.79 Å². The predicted octanol–water partition coefficient (Wildman–Crippen LogP) is 0.185. The lowest BCUT2D eigenvalue weighted by Gasteiger charge is -2.05. The van der Waals surface area contributed by atoms with E-state index in [2.05, 4.69) is 20.3 Å². The highest BCUT2D eigenvalue weighted by Gasteiger charge is 2.22. The Morgan fingerprint density at radius 2 is 2.29 bits per heavy atom. The zero-order valence-electron chi connectivity index (χ0n) is 9.69. The maximum atomic E-state index is 11.8. The first-order valence-electron chi connectivity index (χ1n) is 5.35. The van der Waals surface area contributed by atoms with Crippen molar-refractivity contribution in [3.05, 3.63) is 23.0 Å². The van der Waals surface area contributed by atoms with E-state index in [1.54, 1.807) is 0 Å². The highest BCUT2D eigenvalue weighted by atomic mass is 16.5. The second kappa shape index (κ2) is 4.48. The van der Waals surface area contributed by atoms with E-state index in [1.165, 1.54) is 13.2 Å². The molecule has 0 aromatic carbocycles. The van der Waals surface area contributed by atoms with Crippen LogP contribution in [-0.2, 0) is 11.2 Å². The van der Waals surface area contributed by atoms with E-state index in [9.17, 15) is 9.59 Å². The van der Waals surface area contributed by atoms with Crippen molar-refractivity contribution in [2.75, 3.05) is 13.7 Å². The van der Waals surface area contributed by atoms with E-state index >= 15 is 0 Å². The van der Waals surface area contributed by atoms with Gasteiger partial charge in [-0.1, -0.05) is 6.92 Å². The average Bonchev–Trinajstić information content (AvgIpc) is 2.48. The molecule has 2 rings (SSSR count). The van der Waals surface area contributed by atoms with E-state index in [0.29, 0.717) is 30.1 Å². The first kappa shape index (κ1) is 11.5. The second-order valence-corrected chi connectivity index (χ2v) is 4.10. The monoisotopic (exact) mass is 235 g/mol. The summed E-state index contributed by atoms with van der Waals surface area (Å²) >= 11 is 0. The molecule has 0 aliphatic carbocycles. The molecule has 1 amide bonds. The fraction of sp³-hybridized carbons (Fsp3) is 0.455. The van der Waals surface area contributed by atoms with Crippen LogP contribution in [0.1, 0.15) is 33.5 Å². The van der Waals surface area contributed by atoms with Gasteiger partial charge in [-0.3, -0.25) is 4.79 Å². The van der Waals surface area contributed by atoms with Gasteiger partial charge in [0.1, 0.15) is 0 Å². The second-order valence-electron chi connectivity index (χ2n) is 4.10. The van der Waals surface area contributed by atoms with Gasteiger partial charge in [0, 0.05) is 6.54 Å². The minimum atomic E-state index is -0.592. The summed E-state index contributed by atoms with van der Waals surface area (Å²) in [6, 6.07) is 1.43. The maximum absolute atomic E-state index is 11.8. The third-order valence-electron chi connectivity index (χ3n) is 2.66. The summed E-state index contributed by atoms with van der Waals surface area (Å²) in [5, 5.41) is 10.5. The molecule has 1 atom stereocenters. The van der Waals surface area contributed by atoms with Crippen LogP contribution in [0.25, 0.3) is 0 Å². The number of carbonyl (C=O) groups is 2. The molecule has 6 nitrogen and oxygen atoms in total. The first-order chi connectivity index (χ1) is 8.11. The largest absolute Gasteiger partial charge is 0.464 e. The molecule has 1 aromatic heterocycles. The van der Waals surface area contributed by atoms with Gasteiger partial charge in [-0.05, 0) is 18.4 Å². The van der Waals surface area contributed by atoms with E-state index in [0.717, 1.165) is 0 Å². The van der Waals surface area contributed by atoms with Crippen LogP contribution in [0.2, 0.25) is 0 Å². The van der Waals surface area contributed by atoms with Crippen LogP contribution in [-0.4, -0.2) is 35.7 Å². The van der Waals surface area contributed by atoms with Crippen molar-refractivity contribution in [2.45, 2.75) is 13.3 Å². The Morgan fingerprint density at radius 1 is 1.53 bits per heavy atom. The Morgan fingerprint density at radius 3 is 3.00 bits per heavy atom. The molecule has 1 aliphatic rings. The van der Waals surface area contributed by atoms with Crippen LogP contribution in [0.15, 0.2) is 6.07 Å². The zero-order chi connectivity index (χ0) is 12.4. The first-order valence-corrected chi connectivity index (χ1v) is 5.35. The van der Waals surface area contributed by atoms with Gasteiger partial charge in [0.2, 0.25) is 0 Å². The fourth-order valence-corrected chi connectivity index (χ4v) is 1.73. The van der Waals surface area contributed by atoms with Gasteiger partial charge in [0.25, 0.3) is 5.91 Å². The van der Waals surface area contributed by atoms with Crippen molar-refractivity contribution in [2.24, 2.45) is 5.92 Å². The highest BCUT2D eigenvalue weighted by Crippen LogP contribution is 2.15. The topological polar surface area (TPSA) is 81.2 Å². The van der Waals surface area contributed by atoms with Crippen LogP contribution in [0, 0.1) is 5.92 Å². The number of nitrogens with zero attached hydrogens (tertiary/aromatic N) is 2. The number of rotatable bonds is 1. The van der Waals surface area contributed by atoms with Crippen LogP contribution in [0.4, 0.5) is 0 Å². The molecule has 17 heavy (non-hydrogen) atoms. The molecule has 0 radical (unpaired) electrons. The molecule has 0 spiro atoms. The molecular weight excluding hydrogens is 222 g/mol. The van der Waals surface area contributed by atoms with Crippen molar-refractivity contribution >= 4 is 11.9 Å². The van der Waals surface area contributed by atoms with Crippen LogP contribution in [0.3, 0.4) is 0 Å². The third kappa shape index (κ3) is 2.25. The number of nitrogens with one attached hydrogen (secondary N) is 1. The Kier molecular flexibility index (Phi) is 3.03. The summed E-state index contributed by atoms with van der Waals surface area (Å²) in [6.07, 6.45) is 0.669. The van der Waals surface area contributed by atoms with Crippen molar-refractivity contribution in [3.8, 4) is 0 Å². The quantitative estimate of drug-likeness (QED) is 0.702. The molecule has 1 N–H and O–H groups in total. The normalized spacial score (nSPS) is 18.9.